The van der Waals surface area contributed by atoms with Crippen LogP contribution in [-0.2, 0) is 11.2 Å². The Bertz CT molecular complexity index is 447. The minimum Gasteiger partial charge on any atom is -0.493 e. The number of hydrogen-bond donors (Lipinski definition) is 0. The minimum atomic E-state index is 0.155. The number of benzene rings is 1. The van der Waals surface area contributed by atoms with Gasteiger partial charge in [0.25, 0.3) is 0 Å². The normalized spacial score (nSPS) is 10.9. The molecule has 2 heteroatoms. The fourth-order valence-corrected chi connectivity index (χ4v) is 2.23. The van der Waals surface area contributed by atoms with Crippen molar-refractivity contribution in [2.24, 2.45) is 5.92 Å². The highest BCUT2D eigenvalue weighted by Gasteiger charge is 2.09. The van der Waals surface area contributed by atoms with Crippen molar-refractivity contribution in [2.75, 3.05) is 6.61 Å². The van der Waals surface area contributed by atoms with E-state index in [1.165, 1.54) is 16.7 Å². The van der Waals surface area contributed by atoms with Crippen LogP contribution in [0.1, 0.15) is 56.7 Å². The Balaban J connectivity index is 2.63. The van der Waals surface area contributed by atoms with E-state index in [4.69, 9.17) is 4.74 Å². The van der Waals surface area contributed by atoms with Gasteiger partial charge < -0.3 is 4.74 Å². The minimum absolute atomic E-state index is 0.155. The molecule has 0 atom stereocenters. The quantitative estimate of drug-likeness (QED) is 0.691. The van der Waals surface area contributed by atoms with Gasteiger partial charge in [0, 0.05) is 12.3 Å². The van der Waals surface area contributed by atoms with Crippen LogP contribution in [0.5, 0.6) is 5.75 Å². The second-order valence-electron chi connectivity index (χ2n) is 5.87. The first-order chi connectivity index (χ1) is 9.45. The lowest BCUT2D eigenvalue weighted by Crippen LogP contribution is -2.07. The molecule has 0 fully saturated rings. The molecule has 1 aromatic carbocycles. The zero-order valence-electron chi connectivity index (χ0n) is 13.6. The van der Waals surface area contributed by atoms with E-state index in [-0.39, 0.29) is 5.92 Å². The SMILES string of the molecule is CCCOc1cc(C)c(CCCC(=O)C(C)C)cc1C. The highest BCUT2D eigenvalue weighted by molar-refractivity contribution is 5.80. The number of ether oxygens (including phenoxy) is 1. The predicted octanol–water partition coefficient (Wildman–Crippen LogP) is 4.64. The van der Waals surface area contributed by atoms with Gasteiger partial charge in [-0.15, -0.1) is 0 Å². The molecule has 0 bridgehead atoms. The third kappa shape index (κ3) is 4.99. The number of Topliss-reactive ketones (excluding diaryl/α,β-unsaturated/α-hetero) is 1. The van der Waals surface area contributed by atoms with Crippen LogP contribution >= 0.6 is 0 Å². The number of carbonyl (C=O) groups is 1. The molecule has 0 spiro atoms. The fraction of sp³-hybridized carbons (Fsp3) is 0.611. The number of aryl methyl sites for hydroxylation is 3. The molecule has 0 saturated heterocycles. The lowest BCUT2D eigenvalue weighted by atomic mass is 9.97. The van der Waals surface area contributed by atoms with Gasteiger partial charge in [0.15, 0.2) is 0 Å². The second kappa shape index (κ2) is 8.08. The maximum absolute atomic E-state index is 11.6. The van der Waals surface area contributed by atoms with E-state index in [2.05, 4.69) is 32.9 Å². The summed E-state index contributed by atoms with van der Waals surface area (Å²) < 4.78 is 5.74. The van der Waals surface area contributed by atoms with E-state index in [1.54, 1.807) is 0 Å². The van der Waals surface area contributed by atoms with E-state index in [9.17, 15) is 4.79 Å². The van der Waals surface area contributed by atoms with Gasteiger partial charge >= 0.3 is 0 Å². The Morgan fingerprint density at radius 2 is 1.90 bits per heavy atom. The first kappa shape index (κ1) is 16.7. The van der Waals surface area contributed by atoms with Crippen molar-refractivity contribution in [3.8, 4) is 5.75 Å². The van der Waals surface area contributed by atoms with Gasteiger partial charge in [0.1, 0.15) is 11.5 Å². The number of rotatable bonds is 8. The zero-order chi connectivity index (χ0) is 15.1. The van der Waals surface area contributed by atoms with Gasteiger partial charge in [-0.1, -0.05) is 26.8 Å². The van der Waals surface area contributed by atoms with Crippen molar-refractivity contribution in [3.05, 3.63) is 28.8 Å². The molecule has 0 radical (unpaired) electrons. The zero-order valence-corrected chi connectivity index (χ0v) is 13.6. The molecule has 1 aromatic rings. The first-order valence-corrected chi connectivity index (χ1v) is 7.71. The maximum atomic E-state index is 11.6. The molecule has 0 N–H and O–H groups in total. The summed E-state index contributed by atoms with van der Waals surface area (Å²) in [7, 11) is 0. The Morgan fingerprint density at radius 3 is 2.50 bits per heavy atom. The number of carbonyl (C=O) groups excluding carboxylic acids is 1. The van der Waals surface area contributed by atoms with Crippen molar-refractivity contribution in [2.45, 2.75) is 60.3 Å². The third-order valence-electron chi connectivity index (χ3n) is 3.61. The van der Waals surface area contributed by atoms with Crippen molar-refractivity contribution in [1.29, 1.82) is 0 Å². The van der Waals surface area contributed by atoms with E-state index in [0.717, 1.165) is 31.6 Å². The Morgan fingerprint density at radius 1 is 1.20 bits per heavy atom. The monoisotopic (exact) mass is 276 g/mol. The standard InChI is InChI=1S/C18H28O2/c1-6-10-20-18-12-14(4)16(11-15(18)5)8-7-9-17(19)13(2)3/h11-13H,6-10H2,1-5H3. The van der Waals surface area contributed by atoms with Crippen LogP contribution in [0, 0.1) is 19.8 Å². The smallest absolute Gasteiger partial charge is 0.135 e. The molecular formula is C18H28O2. The molecule has 0 aliphatic rings. The van der Waals surface area contributed by atoms with E-state index in [1.807, 2.05) is 13.8 Å². The fourth-order valence-electron chi connectivity index (χ4n) is 2.23. The Labute approximate surface area is 123 Å². The summed E-state index contributed by atoms with van der Waals surface area (Å²) in [4.78, 5) is 11.6. The molecule has 0 aliphatic heterocycles. The van der Waals surface area contributed by atoms with E-state index < -0.39 is 0 Å². The van der Waals surface area contributed by atoms with Crippen molar-refractivity contribution in [3.63, 3.8) is 0 Å². The lowest BCUT2D eigenvalue weighted by molar-refractivity contribution is -0.121. The van der Waals surface area contributed by atoms with Crippen molar-refractivity contribution in [1.82, 2.24) is 0 Å². The molecule has 0 saturated carbocycles. The van der Waals surface area contributed by atoms with Gasteiger partial charge in [-0.3, -0.25) is 4.79 Å². The molecule has 0 unspecified atom stereocenters. The van der Waals surface area contributed by atoms with Crippen LogP contribution in [0.25, 0.3) is 0 Å². The molecular weight excluding hydrogens is 248 g/mol. The van der Waals surface area contributed by atoms with Gasteiger partial charge in [0.05, 0.1) is 6.61 Å². The highest BCUT2D eigenvalue weighted by Crippen LogP contribution is 2.24. The first-order valence-electron chi connectivity index (χ1n) is 7.71. The lowest BCUT2D eigenvalue weighted by Gasteiger charge is -2.13. The molecule has 112 valence electrons. The molecule has 0 aromatic heterocycles. The summed E-state index contributed by atoms with van der Waals surface area (Å²) in [5.74, 6) is 1.51. The van der Waals surface area contributed by atoms with E-state index in [0.29, 0.717) is 12.2 Å². The highest BCUT2D eigenvalue weighted by atomic mass is 16.5. The number of ketones is 1. The second-order valence-corrected chi connectivity index (χ2v) is 5.87. The van der Waals surface area contributed by atoms with Crippen LogP contribution < -0.4 is 4.74 Å². The molecule has 0 heterocycles. The van der Waals surface area contributed by atoms with Gasteiger partial charge in [0.2, 0.25) is 0 Å². The molecule has 1 rings (SSSR count). The molecule has 2 nitrogen and oxygen atoms in total. The summed E-state index contributed by atoms with van der Waals surface area (Å²) in [6, 6.07) is 4.34. The van der Waals surface area contributed by atoms with Gasteiger partial charge in [-0.25, -0.2) is 0 Å². The summed E-state index contributed by atoms with van der Waals surface area (Å²) in [5.41, 5.74) is 3.79. The molecule has 0 aliphatic carbocycles. The number of hydrogen-bond acceptors (Lipinski definition) is 2. The molecule has 20 heavy (non-hydrogen) atoms. The van der Waals surface area contributed by atoms with Gasteiger partial charge in [-0.2, -0.15) is 0 Å². The summed E-state index contributed by atoms with van der Waals surface area (Å²) >= 11 is 0. The maximum Gasteiger partial charge on any atom is 0.135 e. The average Bonchev–Trinajstić information content (AvgIpc) is 2.40. The predicted molar refractivity (Wildman–Crippen MR) is 84.5 cm³/mol. The van der Waals surface area contributed by atoms with Crippen LogP contribution in [0.2, 0.25) is 0 Å². The Hall–Kier alpha value is -1.31. The third-order valence-corrected chi connectivity index (χ3v) is 3.61. The van der Waals surface area contributed by atoms with Crippen molar-refractivity contribution >= 4 is 5.78 Å². The topological polar surface area (TPSA) is 26.3 Å². The Kier molecular flexibility index (Phi) is 6.77. The van der Waals surface area contributed by atoms with Crippen LogP contribution in [0.15, 0.2) is 12.1 Å². The summed E-state index contributed by atoms with van der Waals surface area (Å²) in [5, 5.41) is 0. The van der Waals surface area contributed by atoms with Crippen LogP contribution in [-0.4, -0.2) is 12.4 Å². The van der Waals surface area contributed by atoms with Crippen LogP contribution in [0.4, 0.5) is 0 Å². The molecule has 0 amide bonds. The summed E-state index contributed by atoms with van der Waals surface area (Å²) in [6.07, 6.45) is 3.62. The summed E-state index contributed by atoms with van der Waals surface area (Å²) in [6.45, 7) is 11.0. The van der Waals surface area contributed by atoms with Crippen molar-refractivity contribution < 1.29 is 9.53 Å². The van der Waals surface area contributed by atoms with Gasteiger partial charge in [-0.05, 0) is 55.9 Å². The largest absolute Gasteiger partial charge is 0.493 e. The average molecular weight is 276 g/mol. The van der Waals surface area contributed by atoms with Crippen LogP contribution in [0.3, 0.4) is 0 Å². The van der Waals surface area contributed by atoms with E-state index >= 15 is 0 Å².